The maximum atomic E-state index is 9.82. The van der Waals surface area contributed by atoms with E-state index in [0.717, 1.165) is 16.8 Å². The lowest BCUT2D eigenvalue weighted by atomic mass is 10.0. The van der Waals surface area contributed by atoms with Gasteiger partial charge in [0.05, 0.1) is 11.8 Å². The number of furan rings is 2. The predicted octanol–water partition coefficient (Wildman–Crippen LogP) is 5.89. The molecule has 142 valence electrons. The molecule has 0 radical (unpaired) electrons. The van der Waals surface area contributed by atoms with Gasteiger partial charge < -0.3 is 13.7 Å². The van der Waals surface area contributed by atoms with Crippen LogP contribution in [-0.4, -0.2) is 20.3 Å². The topological polar surface area (TPSA) is 65.7 Å². The van der Waals surface area contributed by atoms with Gasteiger partial charge in [-0.2, -0.15) is 5.26 Å². The van der Waals surface area contributed by atoms with Gasteiger partial charge in [-0.05, 0) is 29.8 Å². The molecule has 0 unspecified atom stereocenters. The van der Waals surface area contributed by atoms with Crippen molar-refractivity contribution in [2.24, 2.45) is 4.99 Å². The first-order valence-corrected chi connectivity index (χ1v) is 9.15. The van der Waals surface area contributed by atoms with E-state index in [0.29, 0.717) is 22.6 Å². The fourth-order valence-electron chi connectivity index (χ4n) is 3.05. The van der Waals surface area contributed by atoms with Crippen molar-refractivity contribution in [3.63, 3.8) is 0 Å². The van der Waals surface area contributed by atoms with E-state index < -0.39 is 0 Å². The van der Waals surface area contributed by atoms with Gasteiger partial charge in [0, 0.05) is 31.6 Å². The van der Waals surface area contributed by atoms with Crippen molar-refractivity contribution < 1.29 is 8.83 Å². The Balaban J connectivity index is 1.79. The summed E-state index contributed by atoms with van der Waals surface area (Å²) < 4.78 is 11.6. The lowest BCUT2D eigenvalue weighted by Gasteiger charge is -2.11. The van der Waals surface area contributed by atoms with E-state index in [1.54, 1.807) is 18.5 Å². The van der Waals surface area contributed by atoms with Gasteiger partial charge in [-0.1, -0.05) is 42.5 Å². The molecule has 0 amide bonds. The van der Waals surface area contributed by atoms with Crippen molar-refractivity contribution in [3.8, 4) is 28.7 Å². The van der Waals surface area contributed by atoms with Gasteiger partial charge >= 0.3 is 0 Å². The van der Waals surface area contributed by atoms with Gasteiger partial charge in [0.2, 0.25) is 5.88 Å². The number of aliphatic imine (C=N–C) groups is 1. The minimum Gasteiger partial charge on any atom is -0.464 e. The van der Waals surface area contributed by atoms with Crippen molar-refractivity contribution in [3.05, 3.63) is 84.1 Å². The van der Waals surface area contributed by atoms with E-state index in [9.17, 15) is 5.26 Å². The standard InChI is InChI=1S/C24H19N3O2/c1-27(2)19-12-10-17(11-13-19)16-26-24-20(15-25)22(21-9-6-14-28-21)23(29-24)18-7-4-3-5-8-18/h3-14,16H,1-2H3. The Morgan fingerprint density at radius 2 is 1.72 bits per heavy atom. The van der Waals surface area contributed by atoms with Crippen molar-refractivity contribution in [1.29, 1.82) is 5.26 Å². The van der Waals surface area contributed by atoms with E-state index in [1.165, 1.54) is 0 Å². The van der Waals surface area contributed by atoms with Gasteiger partial charge in [-0.3, -0.25) is 0 Å². The average Bonchev–Trinajstić information content (AvgIpc) is 3.40. The SMILES string of the molecule is CN(C)c1ccc(C=Nc2oc(-c3ccccc3)c(-c3ccco3)c2C#N)cc1. The van der Waals surface area contributed by atoms with Crippen LogP contribution in [0.2, 0.25) is 0 Å². The highest BCUT2D eigenvalue weighted by Gasteiger charge is 2.24. The molecule has 0 aliphatic rings. The molecule has 2 aromatic carbocycles. The smallest absolute Gasteiger partial charge is 0.238 e. The quantitative estimate of drug-likeness (QED) is 0.404. The van der Waals surface area contributed by atoms with E-state index in [-0.39, 0.29) is 5.88 Å². The number of hydrogen-bond acceptors (Lipinski definition) is 5. The van der Waals surface area contributed by atoms with Crippen LogP contribution in [-0.2, 0) is 0 Å². The van der Waals surface area contributed by atoms with Gasteiger partial charge in [0.25, 0.3) is 0 Å². The molecule has 0 saturated heterocycles. The van der Waals surface area contributed by atoms with Crippen molar-refractivity contribution >= 4 is 17.8 Å². The van der Waals surface area contributed by atoms with Crippen LogP contribution in [0.4, 0.5) is 11.6 Å². The molecule has 0 aliphatic carbocycles. The lowest BCUT2D eigenvalue weighted by molar-refractivity contribution is 0.575. The molecular weight excluding hydrogens is 362 g/mol. The van der Waals surface area contributed by atoms with Gasteiger partial charge in [0.1, 0.15) is 23.2 Å². The van der Waals surface area contributed by atoms with Gasteiger partial charge in [0.15, 0.2) is 0 Å². The number of nitriles is 1. The average molecular weight is 381 g/mol. The predicted molar refractivity (Wildman–Crippen MR) is 115 cm³/mol. The molecule has 0 fully saturated rings. The Kier molecular flexibility index (Phi) is 5.00. The van der Waals surface area contributed by atoms with Crippen LogP contribution in [0.15, 0.2) is 86.8 Å². The Bertz CT molecular complexity index is 1160. The molecule has 0 N–H and O–H groups in total. The van der Waals surface area contributed by atoms with Crippen LogP contribution >= 0.6 is 0 Å². The molecular formula is C24H19N3O2. The molecule has 2 heterocycles. The Hall–Kier alpha value is -4.04. The zero-order chi connectivity index (χ0) is 20.2. The molecule has 0 bridgehead atoms. The summed E-state index contributed by atoms with van der Waals surface area (Å²) in [4.78, 5) is 6.50. The molecule has 0 spiro atoms. The van der Waals surface area contributed by atoms with Crippen molar-refractivity contribution in [2.75, 3.05) is 19.0 Å². The highest BCUT2D eigenvalue weighted by atomic mass is 16.4. The second kappa shape index (κ2) is 7.91. The third-order valence-corrected chi connectivity index (χ3v) is 4.55. The van der Waals surface area contributed by atoms with Crippen LogP contribution < -0.4 is 4.90 Å². The van der Waals surface area contributed by atoms with Gasteiger partial charge in [-0.15, -0.1) is 0 Å². The molecule has 5 nitrogen and oxygen atoms in total. The summed E-state index contributed by atoms with van der Waals surface area (Å²) >= 11 is 0. The van der Waals surface area contributed by atoms with Crippen molar-refractivity contribution in [2.45, 2.75) is 0 Å². The zero-order valence-corrected chi connectivity index (χ0v) is 16.2. The number of benzene rings is 2. The zero-order valence-electron chi connectivity index (χ0n) is 16.2. The Morgan fingerprint density at radius 1 is 0.966 bits per heavy atom. The summed E-state index contributed by atoms with van der Waals surface area (Å²) in [5, 5.41) is 9.82. The molecule has 0 atom stereocenters. The first-order chi connectivity index (χ1) is 14.2. The summed E-state index contributed by atoms with van der Waals surface area (Å²) in [5.41, 5.74) is 3.83. The number of anilines is 1. The first-order valence-electron chi connectivity index (χ1n) is 9.15. The monoisotopic (exact) mass is 381 g/mol. The number of hydrogen-bond donors (Lipinski definition) is 0. The van der Waals surface area contributed by atoms with E-state index in [2.05, 4.69) is 11.1 Å². The molecule has 4 rings (SSSR count). The molecule has 2 aromatic heterocycles. The minimum atomic E-state index is 0.259. The second-order valence-corrected chi connectivity index (χ2v) is 6.69. The van der Waals surface area contributed by atoms with E-state index >= 15 is 0 Å². The maximum Gasteiger partial charge on any atom is 0.238 e. The fourth-order valence-corrected chi connectivity index (χ4v) is 3.05. The van der Waals surface area contributed by atoms with Gasteiger partial charge in [-0.25, -0.2) is 4.99 Å². The van der Waals surface area contributed by atoms with E-state index in [4.69, 9.17) is 8.83 Å². The normalized spacial score (nSPS) is 10.9. The summed E-state index contributed by atoms with van der Waals surface area (Å²) in [6.07, 6.45) is 3.27. The highest BCUT2D eigenvalue weighted by molar-refractivity contribution is 5.88. The molecule has 5 heteroatoms. The summed E-state index contributed by atoms with van der Waals surface area (Å²) in [6.45, 7) is 0. The maximum absolute atomic E-state index is 9.82. The summed E-state index contributed by atoms with van der Waals surface area (Å²) in [7, 11) is 3.98. The van der Waals surface area contributed by atoms with E-state index in [1.807, 2.05) is 79.7 Å². The molecule has 0 saturated carbocycles. The van der Waals surface area contributed by atoms with Crippen LogP contribution in [0.1, 0.15) is 11.1 Å². The fraction of sp³-hybridized carbons (Fsp3) is 0.0833. The Morgan fingerprint density at radius 3 is 2.34 bits per heavy atom. The van der Waals surface area contributed by atoms with Crippen LogP contribution in [0.25, 0.3) is 22.6 Å². The third kappa shape index (κ3) is 3.69. The summed E-state index contributed by atoms with van der Waals surface area (Å²) in [6, 6.07) is 23.4. The largest absolute Gasteiger partial charge is 0.464 e. The lowest BCUT2D eigenvalue weighted by Crippen LogP contribution is -2.08. The van der Waals surface area contributed by atoms with Crippen LogP contribution in [0.3, 0.4) is 0 Å². The van der Waals surface area contributed by atoms with Crippen LogP contribution in [0.5, 0.6) is 0 Å². The van der Waals surface area contributed by atoms with Crippen molar-refractivity contribution in [1.82, 2.24) is 0 Å². The molecule has 4 aromatic rings. The van der Waals surface area contributed by atoms with Crippen LogP contribution in [0, 0.1) is 11.3 Å². The molecule has 0 aliphatic heterocycles. The Labute approximate surface area is 169 Å². The highest BCUT2D eigenvalue weighted by Crippen LogP contribution is 2.42. The number of rotatable bonds is 5. The minimum absolute atomic E-state index is 0.259. The second-order valence-electron chi connectivity index (χ2n) is 6.69. The number of nitrogens with zero attached hydrogens (tertiary/aromatic N) is 3. The third-order valence-electron chi connectivity index (χ3n) is 4.55. The summed E-state index contributed by atoms with van der Waals surface area (Å²) in [5.74, 6) is 1.39. The first kappa shape index (κ1) is 18.3. The molecule has 29 heavy (non-hydrogen) atoms.